The van der Waals surface area contributed by atoms with Gasteiger partial charge in [0.25, 0.3) is 0 Å². The Labute approximate surface area is 142 Å². The summed E-state index contributed by atoms with van der Waals surface area (Å²) in [5.41, 5.74) is 4.16. The molecule has 126 valence electrons. The first-order valence-corrected chi connectivity index (χ1v) is 8.58. The SMILES string of the molecule is COc1ccc(CCCN2CCc3cc4c(cc3C2)OCO4)cc1. The highest BCUT2D eigenvalue weighted by Gasteiger charge is 2.21. The molecule has 2 aromatic rings. The molecule has 4 heteroatoms. The molecule has 0 atom stereocenters. The summed E-state index contributed by atoms with van der Waals surface area (Å²) in [5, 5.41) is 0. The number of nitrogens with zero attached hydrogens (tertiary/aromatic N) is 1. The van der Waals surface area contributed by atoms with Crippen LogP contribution in [0.3, 0.4) is 0 Å². The highest BCUT2D eigenvalue weighted by atomic mass is 16.7. The van der Waals surface area contributed by atoms with Crippen LogP contribution in [0.1, 0.15) is 23.1 Å². The third-order valence-electron chi connectivity index (χ3n) is 4.88. The lowest BCUT2D eigenvalue weighted by Gasteiger charge is -2.29. The Morgan fingerprint density at radius 1 is 1.04 bits per heavy atom. The zero-order valence-corrected chi connectivity index (χ0v) is 14.1. The Morgan fingerprint density at radius 2 is 1.79 bits per heavy atom. The average molecular weight is 325 g/mol. The summed E-state index contributed by atoms with van der Waals surface area (Å²) in [7, 11) is 1.70. The predicted molar refractivity (Wildman–Crippen MR) is 92.9 cm³/mol. The molecule has 0 aromatic heterocycles. The van der Waals surface area contributed by atoms with Crippen molar-refractivity contribution in [2.24, 2.45) is 0 Å². The van der Waals surface area contributed by atoms with Crippen molar-refractivity contribution in [2.45, 2.75) is 25.8 Å². The van der Waals surface area contributed by atoms with Gasteiger partial charge in [-0.15, -0.1) is 0 Å². The molecule has 0 bridgehead atoms. The van der Waals surface area contributed by atoms with E-state index in [1.807, 2.05) is 12.1 Å². The summed E-state index contributed by atoms with van der Waals surface area (Å²) in [6, 6.07) is 12.7. The van der Waals surface area contributed by atoms with Gasteiger partial charge in [-0.3, -0.25) is 4.90 Å². The van der Waals surface area contributed by atoms with Crippen LogP contribution in [0, 0.1) is 0 Å². The number of methoxy groups -OCH3 is 1. The van der Waals surface area contributed by atoms with Gasteiger partial charge in [0.2, 0.25) is 6.79 Å². The quantitative estimate of drug-likeness (QED) is 0.843. The average Bonchev–Trinajstić information content (AvgIpc) is 3.07. The van der Waals surface area contributed by atoms with Crippen molar-refractivity contribution in [1.29, 1.82) is 0 Å². The summed E-state index contributed by atoms with van der Waals surface area (Å²) < 4.78 is 16.2. The second kappa shape index (κ2) is 6.73. The van der Waals surface area contributed by atoms with E-state index in [1.54, 1.807) is 7.11 Å². The number of hydrogen-bond acceptors (Lipinski definition) is 4. The standard InChI is InChI=1S/C20H23NO3/c1-22-18-6-4-15(5-7-18)3-2-9-21-10-8-16-11-19-20(24-14-23-19)12-17(16)13-21/h4-7,11-12H,2-3,8-10,13-14H2,1H3. The van der Waals surface area contributed by atoms with E-state index in [9.17, 15) is 0 Å². The number of fused-ring (bicyclic) bond motifs is 2. The second-order valence-electron chi connectivity index (χ2n) is 6.45. The fourth-order valence-corrected chi connectivity index (χ4v) is 3.49. The Balaban J connectivity index is 1.32. The molecule has 2 heterocycles. The Kier molecular flexibility index (Phi) is 4.30. The summed E-state index contributed by atoms with van der Waals surface area (Å²) in [4.78, 5) is 2.54. The van der Waals surface area contributed by atoms with Crippen molar-refractivity contribution in [2.75, 3.05) is 27.0 Å². The molecule has 24 heavy (non-hydrogen) atoms. The molecule has 0 saturated carbocycles. The van der Waals surface area contributed by atoms with E-state index in [-0.39, 0.29) is 0 Å². The molecule has 0 fully saturated rings. The maximum absolute atomic E-state index is 5.51. The van der Waals surface area contributed by atoms with Crippen molar-refractivity contribution in [1.82, 2.24) is 4.90 Å². The Hall–Kier alpha value is -2.20. The highest BCUT2D eigenvalue weighted by Crippen LogP contribution is 2.36. The lowest BCUT2D eigenvalue weighted by Crippen LogP contribution is -2.31. The summed E-state index contributed by atoms with van der Waals surface area (Å²) >= 11 is 0. The molecule has 0 radical (unpaired) electrons. The van der Waals surface area contributed by atoms with E-state index < -0.39 is 0 Å². The number of aryl methyl sites for hydroxylation is 1. The molecular weight excluding hydrogens is 302 g/mol. The van der Waals surface area contributed by atoms with Crippen molar-refractivity contribution in [3.8, 4) is 17.2 Å². The van der Waals surface area contributed by atoms with Crippen LogP contribution < -0.4 is 14.2 Å². The largest absolute Gasteiger partial charge is 0.497 e. The van der Waals surface area contributed by atoms with Crippen LogP contribution in [0.25, 0.3) is 0 Å². The molecular formula is C20H23NO3. The van der Waals surface area contributed by atoms with Crippen LogP contribution in [0.5, 0.6) is 17.2 Å². The van der Waals surface area contributed by atoms with Crippen molar-refractivity contribution >= 4 is 0 Å². The number of benzene rings is 2. The lowest BCUT2D eigenvalue weighted by molar-refractivity contribution is 0.174. The van der Waals surface area contributed by atoms with Crippen LogP contribution in [0.15, 0.2) is 36.4 Å². The highest BCUT2D eigenvalue weighted by molar-refractivity contribution is 5.49. The van der Waals surface area contributed by atoms with E-state index in [0.29, 0.717) is 6.79 Å². The normalized spacial score (nSPS) is 16.0. The smallest absolute Gasteiger partial charge is 0.231 e. The monoisotopic (exact) mass is 325 g/mol. The molecule has 0 aliphatic carbocycles. The molecule has 0 amide bonds. The molecule has 2 aliphatic rings. The molecule has 0 saturated heterocycles. The third-order valence-corrected chi connectivity index (χ3v) is 4.88. The first-order chi connectivity index (χ1) is 11.8. The molecule has 2 aromatic carbocycles. The van der Waals surface area contributed by atoms with E-state index in [0.717, 1.165) is 49.7 Å². The summed E-state index contributed by atoms with van der Waals surface area (Å²) in [6.07, 6.45) is 3.37. The van der Waals surface area contributed by atoms with Crippen molar-refractivity contribution in [3.63, 3.8) is 0 Å². The molecule has 4 nitrogen and oxygen atoms in total. The number of rotatable bonds is 5. The lowest BCUT2D eigenvalue weighted by atomic mass is 9.98. The minimum absolute atomic E-state index is 0.351. The van der Waals surface area contributed by atoms with Gasteiger partial charge in [-0.1, -0.05) is 12.1 Å². The van der Waals surface area contributed by atoms with Crippen LogP contribution in [0.2, 0.25) is 0 Å². The second-order valence-corrected chi connectivity index (χ2v) is 6.45. The van der Waals surface area contributed by atoms with Gasteiger partial charge < -0.3 is 14.2 Å². The molecule has 0 unspecified atom stereocenters. The molecule has 0 spiro atoms. The van der Waals surface area contributed by atoms with Gasteiger partial charge in [-0.05, 0) is 66.8 Å². The molecule has 4 rings (SSSR count). The van der Waals surface area contributed by atoms with Gasteiger partial charge in [-0.2, -0.15) is 0 Å². The van der Waals surface area contributed by atoms with Crippen molar-refractivity contribution in [3.05, 3.63) is 53.1 Å². The zero-order chi connectivity index (χ0) is 16.4. The molecule has 2 aliphatic heterocycles. The minimum atomic E-state index is 0.351. The van der Waals surface area contributed by atoms with Gasteiger partial charge in [0.15, 0.2) is 11.5 Å². The number of hydrogen-bond donors (Lipinski definition) is 0. The first kappa shape index (κ1) is 15.3. The van der Waals surface area contributed by atoms with Gasteiger partial charge in [0.05, 0.1) is 7.11 Å². The Morgan fingerprint density at radius 3 is 2.54 bits per heavy atom. The van der Waals surface area contributed by atoms with Crippen LogP contribution >= 0.6 is 0 Å². The van der Waals surface area contributed by atoms with Gasteiger partial charge in [0, 0.05) is 13.1 Å². The summed E-state index contributed by atoms with van der Waals surface area (Å²) in [5.74, 6) is 2.72. The van der Waals surface area contributed by atoms with E-state index >= 15 is 0 Å². The molecule has 0 N–H and O–H groups in total. The number of ether oxygens (including phenoxy) is 3. The maximum Gasteiger partial charge on any atom is 0.231 e. The van der Waals surface area contributed by atoms with Crippen LogP contribution in [-0.2, 0) is 19.4 Å². The zero-order valence-electron chi connectivity index (χ0n) is 14.1. The first-order valence-electron chi connectivity index (χ1n) is 8.58. The topological polar surface area (TPSA) is 30.9 Å². The van der Waals surface area contributed by atoms with Crippen LogP contribution in [0.4, 0.5) is 0 Å². The minimum Gasteiger partial charge on any atom is -0.497 e. The fraction of sp³-hybridized carbons (Fsp3) is 0.400. The third kappa shape index (κ3) is 3.20. The fourth-order valence-electron chi connectivity index (χ4n) is 3.49. The predicted octanol–water partition coefficient (Wildman–Crippen LogP) is 3.41. The van der Waals surface area contributed by atoms with Gasteiger partial charge in [0.1, 0.15) is 5.75 Å². The van der Waals surface area contributed by atoms with Gasteiger partial charge in [-0.25, -0.2) is 0 Å². The van der Waals surface area contributed by atoms with Gasteiger partial charge >= 0.3 is 0 Å². The van der Waals surface area contributed by atoms with E-state index in [4.69, 9.17) is 14.2 Å². The van der Waals surface area contributed by atoms with E-state index in [1.165, 1.54) is 23.1 Å². The van der Waals surface area contributed by atoms with E-state index in [2.05, 4.69) is 29.2 Å². The van der Waals surface area contributed by atoms with Crippen molar-refractivity contribution < 1.29 is 14.2 Å². The Bertz CT molecular complexity index is 712. The summed E-state index contributed by atoms with van der Waals surface area (Å²) in [6.45, 7) is 3.60. The van der Waals surface area contributed by atoms with Crippen LogP contribution in [-0.4, -0.2) is 31.9 Å². The maximum atomic E-state index is 5.51.